The van der Waals surface area contributed by atoms with Gasteiger partial charge in [-0.05, 0) is 98.6 Å². The number of para-hydroxylation sites is 3. The van der Waals surface area contributed by atoms with Crippen LogP contribution in [0.4, 0.5) is 0 Å². The van der Waals surface area contributed by atoms with E-state index in [9.17, 15) is 0 Å². The Balaban J connectivity index is 1.17. The highest BCUT2D eigenvalue weighted by atomic mass is 16.3. The Labute approximate surface area is 308 Å². The first kappa shape index (κ1) is 30.0. The Morgan fingerprint density at radius 2 is 1.06 bits per heavy atom. The first-order valence-electron chi connectivity index (χ1n) is 18.4. The molecule has 53 heavy (non-hydrogen) atoms. The van der Waals surface area contributed by atoms with Gasteiger partial charge >= 0.3 is 0 Å². The predicted molar refractivity (Wildman–Crippen MR) is 222 cm³/mol. The highest BCUT2D eigenvalue weighted by molar-refractivity contribution is 6.15. The fourth-order valence-electron chi connectivity index (χ4n) is 9.00. The number of rotatable bonds is 4. The molecule has 0 fully saturated rings. The molecule has 0 unspecified atom stereocenters. The molecular weight excluding hydrogens is 643 g/mol. The summed E-state index contributed by atoms with van der Waals surface area (Å²) in [5, 5.41) is 4.74. The summed E-state index contributed by atoms with van der Waals surface area (Å²) in [5.41, 5.74) is 17.8. The van der Waals surface area contributed by atoms with Gasteiger partial charge in [0.05, 0.1) is 11.0 Å². The Bertz CT molecular complexity index is 3080. The highest BCUT2D eigenvalue weighted by Crippen LogP contribution is 2.50. The molecule has 1 aliphatic rings. The summed E-state index contributed by atoms with van der Waals surface area (Å²) < 4.78 is 8.87. The molecule has 0 N–H and O–H groups in total. The minimum atomic E-state index is -0.0789. The summed E-state index contributed by atoms with van der Waals surface area (Å²) in [6.07, 6.45) is 0. The zero-order valence-corrected chi connectivity index (χ0v) is 29.6. The van der Waals surface area contributed by atoms with Crippen LogP contribution in [0.3, 0.4) is 0 Å². The molecule has 0 radical (unpaired) electrons. The number of nitrogens with zero attached hydrogens (tertiary/aromatic N) is 1. The fraction of sp³-hybridized carbons (Fsp3) is 0.0588. The minimum absolute atomic E-state index is 0.0789. The van der Waals surface area contributed by atoms with Gasteiger partial charge in [-0.2, -0.15) is 0 Å². The molecule has 0 atom stereocenters. The third-order valence-electron chi connectivity index (χ3n) is 11.6. The predicted octanol–water partition coefficient (Wildman–Crippen LogP) is 14.0. The number of benzene rings is 8. The zero-order valence-electron chi connectivity index (χ0n) is 29.6. The quantitative estimate of drug-likeness (QED) is 0.181. The second-order valence-electron chi connectivity index (χ2n) is 14.9. The van der Waals surface area contributed by atoms with E-state index in [1.807, 2.05) is 12.1 Å². The smallest absolute Gasteiger partial charge is 0.136 e. The summed E-state index contributed by atoms with van der Waals surface area (Å²) in [6.45, 7) is 4.71. The molecule has 0 spiro atoms. The number of fused-ring (bicyclic) bond motifs is 9. The van der Waals surface area contributed by atoms with Crippen LogP contribution in [0, 0.1) is 0 Å². The van der Waals surface area contributed by atoms with Crippen LogP contribution < -0.4 is 0 Å². The van der Waals surface area contributed by atoms with Crippen LogP contribution >= 0.6 is 0 Å². The van der Waals surface area contributed by atoms with Gasteiger partial charge in [0.15, 0.2) is 0 Å². The number of hydrogen-bond acceptors (Lipinski definition) is 1. The van der Waals surface area contributed by atoms with Gasteiger partial charge in [-0.3, -0.25) is 0 Å². The number of hydrogen-bond donors (Lipinski definition) is 0. The monoisotopic (exact) mass is 677 g/mol. The lowest BCUT2D eigenvalue weighted by Crippen LogP contribution is -2.14. The number of aromatic nitrogens is 1. The summed E-state index contributed by atoms with van der Waals surface area (Å²) in [6, 6.07) is 64.3. The van der Waals surface area contributed by atoms with Gasteiger partial charge in [0, 0.05) is 38.2 Å². The van der Waals surface area contributed by atoms with Gasteiger partial charge in [-0.15, -0.1) is 0 Å². The molecule has 2 aromatic heterocycles. The average molecular weight is 678 g/mol. The zero-order chi connectivity index (χ0) is 35.3. The first-order chi connectivity index (χ1) is 26.0. The SMILES string of the molecule is CC1(C)c2ccccc2-c2ccc(-c3cc(-c4ccccc4)cc(-n4c5ccccc5c5cccc(-c6ccc7c(c6)oc6ccccc67)c54)c3)cc21. The molecule has 2 heterocycles. The van der Waals surface area contributed by atoms with E-state index in [2.05, 4.69) is 182 Å². The van der Waals surface area contributed by atoms with Gasteiger partial charge in [-0.1, -0.05) is 141 Å². The van der Waals surface area contributed by atoms with Crippen molar-refractivity contribution in [2.24, 2.45) is 0 Å². The van der Waals surface area contributed by atoms with Crippen molar-refractivity contribution >= 4 is 43.7 Å². The topological polar surface area (TPSA) is 18.1 Å². The Kier molecular flexibility index (Phi) is 6.33. The van der Waals surface area contributed by atoms with Crippen LogP contribution in [0.2, 0.25) is 0 Å². The molecule has 250 valence electrons. The normalized spacial score (nSPS) is 13.2. The Morgan fingerprint density at radius 3 is 1.94 bits per heavy atom. The lowest BCUT2D eigenvalue weighted by atomic mass is 9.81. The van der Waals surface area contributed by atoms with E-state index in [1.54, 1.807) is 0 Å². The maximum atomic E-state index is 6.39. The molecule has 11 rings (SSSR count). The van der Waals surface area contributed by atoms with E-state index in [-0.39, 0.29) is 5.41 Å². The number of furan rings is 1. The standard InChI is InChI=1S/C51H35NO/c1-51(2)45-20-9-6-15-39(45)40-25-23-33(30-46(40)51)36-27-35(32-13-4-3-5-14-32)28-37(29-36)52-47-21-10-7-16-41(47)44-19-12-18-38(50(44)52)34-24-26-43-42-17-8-11-22-48(42)53-49(43)31-34/h3-31H,1-2H3. The van der Waals surface area contributed by atoms with Crippen LogP contribution in [0.1, 0.15) is 25.0 Å². The lowest BCUT2D eigenvalue weighted by molar-refractivity contribution is 0.660. The van der Waals surface area contributed by atoms with E-state index < -0.39 is 0 Å². The van der Waals surface area contributed by atoms with Crippen LogP contribution in [0.5, 0.6) is 0 Å². The van der Waals surface area contributed by atoms with Crippen LogP contribution in [-0.4, -0.2) is 4.57 Å². The van der Waals surface area contributed by atoms with Crippen LogP contribution in [-0.2, 0) is 5.41 Å². The van der Waals surface area contributed by atoms with Crippen molar-refractivity contribution in [3.8, 4) is 50.2 Å². The Morgan fingerprint density at radius 1 is 0.396 bits per heavy atom. The summed E-state index contributed by atoms with van der Waals surface area (Å²) in [4.78, 5) is 0. The molecule has 0 aliphatic heterocycles. The van der Waals surface area contributed by atoms with Crippen molar-refractivity contribution in [3.63, 3.8) is 0 Å². The van der Waals surface area contributed by atoms with Gasteiger partial charge in [-0.25, -0.2) is 0 Å². The summed E-state index contributed by atoms with van der Waals surface area (Å²) in [5.74, 6) is 0. The summed E-state index contributed by atoms with van der Waals surface area (Å²) in [7, 11) is 0. The first-order valence-corrected chi connectivity index (χ1v) is 18.4. The van der Waals surface area contributed by atoms with E-state index in [1.165, 1.54) is 71.9 Å². The van der Waals surface area contributed by atoms with E-state index in [0.717, 1.165) is 33.2 Å². The van der Waals surface area contributed by atoms with Crippen LogP contribution in [0.25, 0.3) is 93.9 Å². The molecule has 1 aliphatic carbocycles. The Hall–Kier alpha value is -6.64. The molecule has 0 bridgehead atoms. The molecular formula is C51H35NO. The average Bonchev–Trinajstić information content (AvgIpc) is 3.83. The highest BCUT2D eigenvalue weighted by Gasteiger charge is 2.35. The van der Waals surface area contributed by atoms with Gasteiger partial charge in [0.1, 0.15) is 11.2 Å². The molecule has 2 nitrogen and oxygen atoms in total. The van der Waals surface area contributed by atoms with E-state index in [0.29, 0.717) is 0 Å². The van der Waals surface area contributed by atoms with Crippen LogP contribution in [0.15, 0.2) is 180 Å². The van der Waals surface area contributed by atoms with Crippen molar-refractivity contribution in [1.29, 1.82) is 0 Å². The van der Waals surface area contributed by atoms with Crippen molar-refractivity contribution in [3.05, 3.63) is 187 Å². The fourth-order valence-corrected chi connectivity index (χ4v) is 9.00. The third kappa shape index (κ3) is 4.45. The molecule has 0 saturated carbocycles. The molecule has 2 heteroatoms. The maximum Gasteiger partial charge on any atom is 0.136 e. The van der Waals surface area contributed by atoms with Crippen molar-refractivity contribution in [2.45, 2.75) is 19.3 Å². The molecule has 0 saturated heterocycles. The second kappa shape index (κ2) is 11.2. The van der Waals surface area contributed by atoms with Gasteiger partial charge in [0.25, 0.3) is 0 Å². The molecule has 8 aromatic carbocycles. The maximum absolute atomic E-state index is 6.39. The van der Waals surface area contributed by atoms with Crippen molar-refractivity contribution < 1.29 is 4.42 Å². The van der Waals surface area contributed by atoms with Gasteiger partial charge < -0.3 is 8.98 Å². The minimum Gasteiger partial charge on any atom is -0.456 e. The third-order valence-corrected chi connectivity index (χ3v) is 11.6. The molecule has 0 amide bonds. The van der Waals surface area contributed by atoms with Crippen molar-refractivity contribution in [1.82, 2.24) is 4.57 Å². The van der Waals surface area contributed by atoms with E-state index in [4.69, 9.17) is 4.42 Å². The second-order valence-corrected chi connectivity index (χ2v) is 14.9. The van der Waals surface area contributed by atoms with Gasteiger partial charge in [0.2, 0.25) is 0 Å². The largest absolute Gasteiger partial charge is 0.456 e. The lowest BCUT2D eigenvalue weighted by Gasteiger charge is -2.22. The van der Waals surface area contributed by atoms with Crippen molar-refractivity contribution in [2.75, 3.05) is 0 Å². The van der Waals surface area contributed by atoms with E-state index >= 15 is 0 Å². The molecule has 10 aromatic rings. The summed E-state index contributed by atoms with van der Waals surface area (Å²) >= 11 is 0.